The lowest BCUT2D eigenvalue weighted by molar-refractivity contribution is -0.383. The molecule has 1 aliphatic rings. The van der Waals surface area contributed by atoms with Gasteiger partial charge in [0, 0.05) is 67.6 Å². The molecule has 0 bridgehead atoms. The van der Waals surface area contributed by atoms with Crippen LogP contribution >= 0.6 is 11.3 Å². The monoisotopic (exact) mass is 369 g/mol. The van der Waals surface area contributed by atoms with Crippen molar-refractivity contribution >= 4 is 33.5 Å². The van der Waals surface area contributed by atoms with Crippen molar-refractivity contribution in [2.24, 2.45) is 0 Å². The van der Waals surface area contributed by atoms with Crippen LogP contribution in [0.25, 0.3) is 10.8 Å². The summed E-state index contributed by atoms with van der Waals surface area (Å²) in [5.41, 5.74) is 4.15. The number of nitrogens with zero attached hydrogens (tertiary/aromatic N) is 5. The van der Waals surface area contributed by atoms with E-state index in [9.17, 15) is 10.1 Å². The third kappa shape index (κ3) is 3.38. The van der Waals surface area contributed by atoms with Crippen molar-refractivity contribution in [3.05, 3.63) is 57.3 Å². The van der Waals surface area contributed by atoms with Crippen LogP contribution < -0.4 is 4.90 Å². The Labute approximate surface area is 155 Å². The fourth-order valence-electron chi connectivity index (χ4n) is 3.51. The Morgan fingerprint density at radius 3 is 2.88 bits per heavy atom. The van der Waals surface area contributed by atoms with E-state index in [1.807, 2.05) is 17.6 Å². The van der Waals surface area contributed by atoms with Crippen molar-refractivity contribution in [3.8, 4) is 0 Å². The summed E-state index contributed by atoms with van der Waals surface area (Å²) in [7, 11) is 0. The number of rotatable bonds is 4. The van der Waals surface area contributed by atoms with Crippen molar-refractivity contribution < 1.29 is 4.92 Å². The molecule has 0 atom stereocenters. The number of anilines is 1. The molecule has 0 saturated carbocycles. The third-order valence-electron chi connectivity index (χ3n) is 4.77. The van der Waals surface area contributed by atoms with E-state index in [0.717, 1.165) is 55.9 Å². The Bertz CT molecular complexity index is 915. The molecule has 1 saturated heterocycles. The zero-order valence-electron chi connectivity index (χ0n) is 14.2. The highest BCUT2D eigenvalue weighted by atomic mass is 32.1. The van der Waals surface area contributed by atoms with Crippen LogP contribution in [-0.2, 0) is 6.54 Å². The first kappa shape index (κ1) is 16.9. The van der Waals surface area contributed by atoms with Crippen LogP contribution in [0.2, 0.25) is 0 Å². The maximum atomic E-state index is 11.3. The summed E-state index contributed by atoms with van der Waals surface area (Å²) in [4.78, 5) is 24.2. The minimum atomic E-state index is -0.341. The van der Waals surface area contributed by atoms with E-state index < -0.39 is 0 Å². The van der Waals surface area contributed by atoms with Gasteiger partial charge in [0.1, 0.15) is 0 Å². The minimum absolute atomic E-state index is 0.108. The zero-order chi connectivity index (χ0) is 17.9. The van der Waals surface area contributed by atoms with E-state index in [1.54, 1.807) is 29.8 Å². The molecule has 134 valence electrons. The lowest BCUT2D eigenvalue weighted by Gasteiger charge is -2.24. The summed E-state index contributed by atoms with van der Waals surface area (Å²) in [6.45, 7) is 4.67. The van der Waals surface area contributed by atoms with Gasteiger partial charge in [0.15, 0.2) is 0 Å². The second-order valence-corrected chi connectivity index (χ2v) is 7.10. The second-order valence-electron chi connectivity index (χ2n) is 6.38. The molecular weight excluding hydrogens is 350 g/mol. The first-order valence-corrected chi connectivity index (χ1v) is 9.52. The molecular formula is C18H19N5O2S. The Morgan fingerprint density at radius 1 is 1.15 bits per heavy atom. The molecule has 3 aromatic rings. The molecule has 4 rings (SSSR count). The highest BCUT2D eigenvalue weighted by molar-refractivity contribution is 7.07. The number of thiazole rings is 1. The van der Waals surface area contributed by atoms with E-state index in [1.165, 1.54) is 0 Å². The van der Waals surface area contributed by atoms with Crippen molar-refractivity contribution in [2.75, 3.05) is 31.1 Å². The predicted molar refractivity (Wildman–Crippen MR) is 103 cm³/mol. The number of fused-ring (bicyclic) bond motifs is 1. The van der Waals surface area contributed by atoms with Crippen LogP contribution in [0.4, 0.5) is 11.4 Å². The maximum absolute atomic E-state index is 11.3. The third-order valence-corrected chi connectivity index (χ3v) is 5.40. The lowest BCUT2D eigenvalue weighted by atomic mass is 10.1. The molecule has 2 aromatic heterocycles. The largest absolute Gasteiger partial charge is 0.370 e. The molecule has 0 spiro atoms. The lowest BCUT2D eigenvalue weighted by Crippen LogP contribution is -2.30. The highest BCUT2D eigenvalue weighted by Gasteiger charge is 2.20. The molecule has 0 aliphatic carbocycles. The number of nitro groups is 1. The topological polar surface area (TPSA) is 75.4 Å². The van der Waals surface area contributed by atoms with Crippen LogP contribution in [-0.4, -0.2) is 46.0 Å². The van der Waals surface area contributed by atoms with Crippen molar-refractivity contribution in [3.63, 3.8) is 0 Å². The molecule has 1 fully saturated rings. The number of non-ortho nitro benzene ring substituents is 1. The van der Waals surface area contributed by atoms with Gasteiger partial charge in [-0.15, -0.1) is 11.3 Å². The molecule has 0 unspecified atom stereocenters. The van der Waals surface area contributed by atoms with Crippen molar-refractivity contribution in [1.29, 1.82) is 0 Å². The van der Waals surface area contributed by atoms with E-state index in [2.05, 4.69) is 25.1 Å². The molecule has 0 amide bonds. The van der Waals surface area contributed by atoms with Gasteiger partial charge in [-0.05, 0) is 18.6 Å². The Balaban J connectivity index is 1.58. The van der Waals surface area contributed by atoms with Crippen LogP contribution in [0.1, 0.15) is 12.1 Å². The number of aromatic nitrogens is 2. The number of hydrogen-bond donors (Lipinski definition) is 0. The van der Waals surface area contributed by atoms with Crippen LogP contribution in [0, 0.1) is 10.1 Å². The van der Waals surface area contributed by atoms with Gasteiger partial charge < -0.3 is 4.90 Å². The van der Waals surface area contributed by atoms with Crippen LogP contribution in [0.5, 0.6) is 0 Å². The summed E-state index contributed by atoms with van der Waals surface area (Å²) in [5.74, 6) is 0. The summed E-state index contributed by atoms with van der Waals surface area (Å²) in [6.07, 6.45) is 4.33. The quantitative estimate of drug-likeness (QED) is 0.519. The van der Waals surface area contributed by atoms with Gasteiger partial charge in [-0.25, -0.2) is 4.98 Å². The molecule has 7 nitrogen and oxygen atoms in total. The molecule has 1 aliphatic heterocycles. The number of nitro benzene ring substituents is 1. The number of benzene rings is 1. The molecule has 8 heteroatoms. The average Bonchev–Trinajstić information content (AvgIpc) is 3.05. The van der Waals surface area contributed by atoms with E-state index >= 15 is 0 Å². The fourth-order valence-corrected chi connectivity index (χ4v) is 4.06. The number of pyridine rings is 1. The summed E-state index contributed by atoms with van der Waals surface area (Å²) >= 11 is 1.63. The molecule has 1 aromatic carbocycles. The first-order valence-electron chi connectivity index (χ1n) is 8.58. The zero-order valence-corrected chi connectivity index (χ0v) is 15.1. The van der Waals surface area contributed by atoms with E-state index in [0.29, 0.717) is 5.39 Å². The van der Waals surface area contributed by atoms with Crippen LogP contribution in [0.3, 0.4) is 0 Å². The molecule has 3 heterocycles. The smallest absolute Gasteiger partial charge is 0.278 e. The van der Waals surface area contributed by atoms with Crippen LogP contribution in [0.15, 0.2) is 41.5 Å². The summed E-state index contributed by atoms with van der Waals surface area (Å²) < 4.78 is 0. The summed E-state index contributed by atoms with van der Waals surface area (Å²) in [5, 5.41) is 14.9. The minimum Gasteiger partial charge on any atom is -0.370 e. The Hall–Kier alpha value is -2.58. The number of hydrogen-bond acceptors (Lipinski definition) is 7. The molecule has 0 N–H and O–H groups in total. The van der Waals surface area contributed by atoms with Gasteiger partial charge in [0.25, 0.3) is 5.69 Å². The normalized spacial score (nSPS) is 15.9. The fraction of sp³-hybridized carbons (Fsp3) is 0.333. The van der Waals surface area contributed by atoms with Gasteiger partial charge in [-0.3, -0.25) is 20.0 Å². The standard InChI is InChI=1S/C18H19N5O2S/c24-23(25)18-3-2-17(15-4-5-19-10-16(15)18)22-7-1-6-21(8-9-22)11-14-12-26-13-20-14/h2-5,10,12-13H,1,6-9,11H2. The van der Waals surface area contributed by atoms with Gasteiger partial charge in [-0.2, -0.15) is 0 Å². The SMILES string of the molecule is O=[N+]([O-])c1ccc(N2CCCN(Cc3cscn3)CC2)c2ccncc12. The Morgan fingerprint density at radius 2 is 2.08 bits per heavy atom. The predicted octanol–water partition coefficient (Wildman–Crippen LogP) is 3.31. The van der Waals surface area contributed by atoms with Crippen molar-refractivity contribution in [2.45, 2.75) is 13.0 Å². The highest BCUT2D eigenvalue weighted by Crippen LogP contribution is 2.33. The first-order chi connectivity index (χ1) is 12.7. The second kappa shape index (κ2) is 7.35. The van der Waals surface area contributed by atoms with E-state index in [4.69, 9.17) is 0 Å². The molecule has 26 heavy (non-hydrogen) atoms. The maximum Gasteiger partial charge on any atom is 0.278 e. The van der Waals surface area contributed by atoms with Gasteiger partial charge in [0.2, 0.25) is 0 Å². The average molecular weight is 369 g/mol. The Kier molecular flexibility index (Phi) is 4.77. The van der Waals surface area contributed by atoms with Gasteiger partial charge >= 0.3 is 0 Å². The van der Waals surface area contributed by atoms with E-state index in [-0.39, 0.29) is 10.6 Å². The van der Waals surface area contributed by atoms with Gasteiger partial charge in [-0.1, -0.05) is 0 Å². The van der Waals surface area contributed by atoms with Gasteiger partial charge in [0.05, 0.1) is 21.5 Å². The molecule has 0 radical (unpaired) electrons. The summed E-state index contributed by atoms with van der Waals surface area (Å²) in [6, 6.07) is 5.34. The van der Waals surface area contributed by atoms with Crippen molar-refractivity contribution in [1.82, 2.24) is 14.9 Å².